The number of nitrogens with zero attached hydrogens (tertiary/aromatic N) is 1. The summed E-state index contributed by atoms with van der Waals surface area (Å²) in [5.41, 5.74) is 0.0694. The smallest absolute Gasteiger partial charge is 0.244 e. The number of anilines is 1. The van der Waals surface area contributed by atoms with E-state index in [1.807, 2.05) is 12.2 Å². The van der Waals surface area contributed by atoms with Crippen LogP contribution in [-0.2, 0) is 14.4 Å². The highest BCUT2D eigenvalue weighted by Gasteiger charge is 2.59. The predicted molar refractivity (Wildman–Crippen MR) is 79.4 cm³/mol. The summed E-state index contributed by atoms with van der Waals surface area (Å²) < 4.78 is 26.0. The van der Waals surface area contributed by atoms with Gasteiger partial charge in [0.15, 0.2) is 11.6 Å². The van der Waals surface area contributed by atoms with Crippen LogP contribution in [0.4, 0.5) is 14.5 Å². The number of amides is 3. The summed E-state index contributed by atoms with van der Waals surface area (Å²) >= 11 is 0. The van der Waals surface area contributed by atoms with Crippen LogP contribution in [0.1, 0.15) is 6.42 Å². The van der Waals surface area contributed by atoms with Gasteiger partial charge >= 0.3 is 0 Å². The zero-order valence-corrected chi connectivity index (χ0v) is 12.5. The molecule has 1 aromatic rings. The van der Waals surface area contributed by atoms with Gasteiger partial charge in [0, 0.05) is 11.8 Å². The Morgan fingerprint density at radius 3 is 2.29 bits per heavy atom. The number of allylic oxidation sites excluding steroid dienone is 2. The lowest BCUT2D eigenvalue weighted by Gasteiger charge is -2.16. The molecule has 0 aromatic heterocycles. The van der Waals surface area contributed by atoms with E-state index in [-0.39, 0.29) is 41.2 Å². The molecule has 1 aliphatic heterocycles. The van der Waals surface area contributed by atoms with Crippen molar-refractivity contribution in [2.24, 2.45) is 23.7 Å². The zero-order chi connectivity index (χ0) is 17.0. The first kappa shape index (κ1) is 15.0. The Morgan fingerprint density at radius 1 is 1.08 bits per heavy atom. The Balaban J connectivity index is 1.46. The average molecular weight is 332 g/mol. The highest BCUT2D eigenvalue weighted by Crippen LogP contribution is 2.52. The van der Waals surface area contributed by atoms with Gasteiger partial charge in [0.1, 0.15) is 6.54 Å². The third-order valence-corrected chi connectivity index (χ3v) is 5.07. The predicted octanol–water partition coefficient (Wildman–Crippen LogP) is 1.71. The summed E-state index contributed by atoms with van der Waals surface area (Å²) in [7, 11) is 0. The fourth-order valence-electron chi connectivity index (χ4n) is 4.04. The van der Waals surface area contributed by atoms with Crippen molar-refractivity contribution >= 4 is 23.4 Å². The summed E-state index contributed by atoms with van der Waals surface area (Å²) in [4.78, 5) is 38.0. The molecule has 24 heavy (non-hydrogen) atoms. The van der Waals surface area contributed by atoms with E-state index >= 15 is 0 Å². The molecule has 0 radical (unpaired) electrons. The van der Waals surface area contributed by atoms with E-state index in [9.17, 15) is 23.2 Å². The van der Waals surface area contributed by atoms with Crippen LogP contribution in [0.25, 0.3) is 0 Å². The van der Waals surface area contributed by atoms with E-state index in [0.29, 0.717) is 0 Å². The van der Waals surface area contributed by atoms with Crippen molar-refractivity contribution in [3.05, 3.63) is 42.0 Å². The van der Waals surface area contributed by atoms with E-state index in [1.165, 1.54) is 6.07 Å². The number of nitrogens with one attached hydrogen (secondary N) is 1. The number of halogens is 2. The second-order valence-electron chi connectivity index (χ2n) is 6.44. The Hall–Kier alpha value is -2.57. The second-order valence-corrected chi connectivity index (χ2v) is 6.44. The van der Waals surface area contributed by atoms with Crippen LogP contribution >= 0.6 is 0 Å². The van der Waals surface area contributed by atoms with Gasteiger partial charge in [-0.1, -0.05) is 12.2 Å². The minimum absolute atomic E-state index is 0.0694. The van der Waals surface area contributed by atoms with E-state index in [1.54, 1.807) is 0 Å². The lowest BCUT2D eigenvalue weighted by molar-refractivity contribution is -0.143. The molecule has 4 atom stereocenters. The number of hydrogen-bond acceptors (Lipinski definition) is 3. The van der Waals surface area contributed by atoms with Crippen LogP contribution in [0.15, 0.2) is 30.4 Å². The molecule has 124 valence electrons. The molecule has 2 bridgehead atoms. The van der Waals surface area contributed by atoms with Gasteiger partial charge in [-0.15, -0.1) is 0 Å². The lowest BCUT2D eigenvalue weighted by Crippen LogP contribution is -2.39. The van der Waals surface area contributed by atoms with Crippen molar-refractivity contribution in [3.63, 3.8) is 0 Å². The Bertz CT molecular complexity index is 762. The molecule has 5 nitrogen and oxygen atoms in total. The molecule has 3 amide bonds. The SMILES string of the molecule is O=C(CN1C(=O)C2C3C=CC(C3)C2C1=O)Nc1ccc(F)c(F)c1. The van der Waals surface area contributed by atoms with E-state index in [0.717, 1.165) is 23.5 Å². The van der Waals surface area contributed by atoms with Gasteiger partial charge in [0.25, 0.3) is 0 Å². The molecule has 4 unspecified atom stereocenters. The third kappa shape index (κ3) is 2.15. The number of rotatable bonds is 3. The number of imide groups is 1. The maximum absolute atomic E-state index is 13.2. The minimum atomic E-state index is -1.08. The lowest BCUT2D eigenvalue weighted by atomic mass is 9.85. The molecule has 1 saturated heterocycles. The first-order valence-electron chi connectivity index (χ1n) is 7.74. The van der Waals surface area contributed by atoms with Crippen LogP contribution in [0.3, 0.4) is 0 Å². The molecule has 1 N–H and O–H groups in total. The first-order chi connectivity index (χ1) is 11.5. The highest BCUT2D eigenvalue weighted by atomic mass is 19.2. The number of carbonyl (C=O) groups is 3. The minimum Gasteiger partial charge on any atom is -0.324 e. The topological polar surface area (TPSA) is 66.5 Å². The Morgan fingerprint density at radius 2 is 1.71 bits per heavy atom. The molecule has 1 saturated carbocycles. The maximum Gasteiger partial charge on any atom is 0.244 e. The van der Waals surface area contributed by atoms with E-state index in [4.69, 9.17) is 0 Å². The number of hydrogen-bond donors (Lipinski definition) is 1. The molecule has 4 rings (SSSR count). The largest absolute Gasteiger partial charge is 0.324 e. The molecular weight excluding hydrogens is 318 g/mol. The second kappa shape index (κ2) is 5.22. The van der Waals surface area contributed by atoms with Gasteiger partial charge in [-0.25, -0.2) is 8.78 Å². The van der Waals surface area contributed by atoms with Crippen LogP contribution in [0.5, 0.6) is 0 Å². The van der Waals surface area contributed by atoms with Crippen LogP contribution < -0.4 is 5.32 Å². The number of benzene rings is 1. The standard InChI is InChI=1S/C17H14F2N2O3/c18-11-4-3-10(6-12(11)19)20-13(22)7-21-16(23)14-8-1-2-9(5-8)15(14)17(21)24/h1-4,6,8-9,14-15H,5,7H2,(H,20,22). The van der Waals surface area contributed by atoms with Gasteiger partial charge in [0.2, 0.25) is 17.7 Å². The monoisotopic (exact) mass is 332 g/mol. The molecule has 3 aliphatic rings. The molecule has 1 heterocycles. The molecule has 2 fully saturated rings. The molecule has 7 heteroatoms. The summed E-state index contributed by atoms with van der Waals surface area (Å²) in [6, 6.07) is 2.95. The van der Waals surface area contributed by atoms with Gasteiger partial charge in [-0.05, 0) is 30.4 Å². The van der Waals surface area contributed by atoms with Gasteiger partial charge < -0.3 is 5.32 Å². The number of likely N-dealkylation sites (tertiary alicyclic amines) is 1. The molecule has 2 aliphatic carbocycles. The van der Waals surface area contributed by atoms with E-state index < -0.39 is 24.1 Å². The number of carbonyl (C=O) groups excluding carboxylic acids is 3. The van der Waals surface area contributed by atoms with Gasteiger partial charge in [0.05, 0.1) is 11.8 Å². The van der Waals surface area contributed by atoms with Crippen molar-refractivity contribution in [3.8, 4) is 0 Å². The van der Waals surface area contributed by atoms with Crippen molar-refractivity contribution < 1.29 is 23.2 Å². The van der Waals surface area contributed by atoms with Crippen molar-refractivity contribution in [1.29, 1.82) is 0 Å². The molecule has 0 spiro atoms. The first-order valence-corrected chi connectivity index (χ1v) is 7.74. The fraction of sp³-hybridized carbons (Fsp3) is 0.353. The van der Waals surface area contributed by atoms with Crippen molar-refractivity contribution in [2.75, 3.05) is 11.9 Å². The zero-order valence-electron chi connectivity index (χ0n) is 12.5. The summed E-state index contributed by atoms with van der Waals surface area (Å²) in [6.07, 6.45) is 4.77. The normalized spacial score (nSPS) is 30.2. The summed E-state index contributed by atoms with van der Waals surface area (Å²) in [5.74, 6) is -3.92. The highest BCUT2D eigenvalue weighted by molar-refractivity contribution is 6.09. The molecule has 1 aromatic carbocycles. The van der Waals surface area contributed by atoms with Crippen molar-refractivity contribution in [1.82, 2.24) is 4.90 Å². The van der Waals surface area contributed by atoms with Crippen LogP contribution in [0, 0.1) is 35.3 Å². The van der Waals surface area contributed by atoms with Gasteiger partial charge in [-0.2, -0.15) is 0 Å². The summed E-state index contributed by atoms with van der Waals surface area (Å²) in [5, 5.41) is 2.37. The maximum atomic E-state index is 13.2. The van der Waals surface area contributed by atoms with E-state index in [2.05, 4.69) is 5.32 Å². The Kier molecular flexibility index (Phi) is 3.26. The molecular formula is C17H14F2N2O3. The Labute approximate surface area is 136 Å². The third-order valence-electron chi connectivity index (χ3n) is 5.07. The summed E-state index contributed by atoms with van der Waals surface area (Å²) in [6.45, 7) is -0.414. The van der Waals surface area contributed by atoms with Crippen LogP contribution in [-0.4, -0.2) is 29.2 Å². The number of fused-ring (bicyclic) bond motifs is 5. The fourth-order valence-corrected chi connectivity index (χ4v) is 4.04. The average Bonchev–Trinajstić information content (AvgIpc) is 3.21. The van der Waals surface area contributed by atoms with Crippen LogP contribution in [0.2, 0.25) is 0 Å². The quantitative estimate of drug-likeness (QED) is 0.677. The van der Waals surface area contributed by atoms with Gasteiger partial charge in [-0.3, -0.25) is 19.3 Å². The van der Waals surface area contributed by atoms with Crippen molar-refractivity contribution in [2.45, 2.75) is 6.42 Å².